The minimum Gasteiger partial charge on any atom is -0.384 e. The Kier molecular flexibility index (Phi) is 6.47. The Morgan fingerprint density at radius 1 is 1.26 bits per heavy atom. The first-order valence-corrected chi connectivity index (χ1v) is 11.6. The molecule has 0 amide bonds. The first kappa shape index (κ1) is 21.2. The van der Waals surface area contributed by atoms with E-state index in [1.165, 1.54) is 0 Å². The summed E-state index contributed by atoms with van der Waals surface area (Å²) < 4.78 is 0. The summed E-state index contributed by atoms with van der Waals surface area (Å²) in [5.41, 5.74) is 11.3. The quantitative estimate of drug-likeness (QED) is 0.414. The van der Waals surface area contributed by atoms with Crippen molar-refractivity contribution in [1.82, 2.24) is 9.97 Å². The number of nitrogen functional groups attached to an aromatic ring is 1. The number of allylic oxidation sites excluding steroid dienone is 1. The van der Waals surface area contributed by atoms with Crippen molar-refractivity contribution in [2.24, 2.45) is 5.92 Å². The second-order valence-electron chi connectivity index (χ2n) is 8.18. The van der Waals surface area contributed by atoms with E-state index in [1.807, 2.05) is 54.2 Å². The number of hydrogen-bond acceptors (Lipinski definition) is 5. The van der Waals surface area contributed by atoms with Crippen LogP contribution in [0.5, 0.6) is 0 Å². The van der Waals surface area contributed by atoms with Gasteiger partial charge in [-0.2, -0.15) is 0 Å². The molecular weight excluding hydrogens is 404 g/mol. The van der Waals surface area contributed by atoms with Crippen molar-refractivity contribution >= 4 is 34.7 Å². The van der Waals surface area contributed by atoms with Gasteiger partial charge in [-0.05, 0) is 48.4 Å². The van der Waals surface area contributed by atoms with Gasteiger partial charge in [0.2, 0.25) is 0 Å². The Morgan fingerprint density at radius 3 is 2.81 bits per heavy atom. The van der Waals surface area contributed by atoms with E-state index < -0.39 is 0 Å². The number of thioether (sulfide) groups is 1. The predicted molar refractivity (Wildman–Crippen MR) is 131 cm³/mol. The first-order chi connectivity index (χ1) is 15.0. The summed E-state index contributed by atoms with van der Waals surface area (Å²) in [7, 11) is 0. The predicted octanol–water partition coefficient (Wildman–Crippen LogP) is 6.19. The molecule has 4 rings (SSSR count). The highest BCUT2D eigenvalue weighted by Gasteiger charge is 2.31. The third-order valence-corrected chi connectivity index (χ3v) is 6.25. The van der Waals surface area contributed by atoms with Crippen LogP contribution in [0.4, 0.5) is 17.2 Å². The summed E-state index contributed by atoms with van der Waals surface area (Å²) in [6, 6.07) is 13.7. The van der Waals surface area contributed by atoms with Crippen LogP contribution in [-0.2, 0) is 6.42 Å². The highest BCUT2D eigenvalue weighted by molar-refractivity contribution is 8.02. The van der Waals surface area contributed by atoms with Crippen LogP contribution in [0.1, 0.15) is 42.7 Å². The fraction of sp³-hybridized carbons (Fsp3) is 0.280. The van der Waals surface area contributed by atoms with Crippen molar-refractivity contribution in [3.05, 3.63) is 71.4 Å². The average Bonchev–Trinajstić information content (AvgIpc) is 3.10. The minimum absolute atomic E-state index is 0.180. The number of aromatic nitrogens is 2. The molecule has 160 valence electrons. The number of nitrogens with zero attached hydrogens (tertiary/aromatic N) is 1. The van der Waals surface area contributed by atoms with Crippen LogP contribution in [0.25, 0.3) is 11.3 Å². The number of carbonyl (C=O) groups is 1. The molecule has 0 aliphatic heterocycles. The smallest absolute Gasteiger partial charge is 0.167 e. The third kappa shape index (κ3) is 5.02. The van der Waals surface area contributed by atoms with Crippen LogP contribution in [0.2, 0.25) is 0 Å². The molecule has 1 aromatic carbocycles. The number of nitrogens with two attached hydrogens (primary N) is 1. The van der Waals surface area contributed by atoms with Gasteiger partial charge in [-0.1, -0.05) is 38.1 Å². The number of carbonyl (C=O) groups excluding carboxylic acids is 1. The molecule has 0 spiro atoms. The maximum Gasteiger partial charge on any atom is 0.167 e. The lowest BCUT2D eigenvalue weighted by atomic mass is 9.84. The molecular formula is C25H28N4OS. The largest absolute Gasteiger partial charge is 0.384 e. The topological polar surface area (TPSA) is 83.8 Å². The summed E-state index contributed by atoms with van der Waals surface area (Å²) >= 11 is 1.81. The van der Waals surface area contributed by atoms with Gasteiger partial charge in [-0.3, -0.25) is 4.79 Å². The van der Waals surface area contributed by atoms with E-state index in [1.54, 1.807) is 6.20 Å². The van der Waals surface area contributed by atoms with Gasteiger partial charge in [0.1, 0.15) is 5.82 Å². The molecule has 0 bridgehead atoms. The number of H-pyrrole nitrogens is 1. The van der Waals surface area contributed by atoms with Gasteiger partial charge in [0.25, 0.3) is 0 Å². The number of benzene rings is 1. The van der Waals surface area contributed by atoms with Crippen LogP contribution in [0, 0.1) is 5.92 Å². The number of Topliss-reactive ketones (excluding diaryl/α,β-unsaturated/α-hetero) is 1. The molecule has 2 aromatic heterocycles. The van der Waals surface area contributed by atoms with Gasteiger partial charge in [0.15, 0.2) is 5.78 Å². The molecule has 0 fully saturated rings. The Labute approximate surface area is 187 Å². The zero-order chi connectivity index (χ0) is 21.8. The van der Waals surface area contributed by atoms with Gasteiger partial charge in [-0.25, -0.2) is 4.98 Å². The van der Waals surface area contributed by atoms with Crippen molar-refractivity contribution < 1.29 is 4.79 Å². The third-order valence-electron chi connectivity index (χ3n) is 5.35. The number of anilines is 3. The van der Waals surface area contributed by atoms with E-state index in [0.717, 1.165) is 46.7 Å². The fourth-order valence-electron chi connectivity index (χ4n) is 3.98. The van der Waals surface area contributed by atoms with E-state index in [9.17, 15) is 4.79 Å². The number of fused-ring (bicyclic) bond motifs is 1. The number of aromatic amines is 1. The summed E-state index contributed by atoms with van der Waals surface area (Å²) in [5.74, 6) is 0.939. The molecule has 5 nitrogen and oxygen atoms in total. The summed E-state index contributed by atoms with van der Waals surface area (Å²) in [6.07, 6.45) is 6.20. The second kappa shape index (κ2) is 9.43. The van der Waals surface area contributed by atoms with Crippen molar-refractivity contribution in [2.45, 2.75) is 38.4 Å². The van der Waals surface area contributed by atoms with Crippen molar-refractivity contribution in [2.75, 3.05) is 11.1 Å². The highest BCUT2D eigenvalue weighted by atomic mass is 32.2. The maximum absolute atomic E-state index is 13.2. The minimum atomic E-state index is 0.180. The number of para-hydroxylation sites is 1. The lowest BCUT2D eigenvalue weighted by molar-refractivity contribution is 0.0950. The number of rotatable bonds is 7. The molecule has 0 saturated heterocycles. The SMILES string of the molecule is CC(C)S/C=C\CC1CC(=O)c2c([nH]c(-c3ccnc(N)c3)c2Nc2ccccc2)C1. The Hall–Kier alpha value is -2.99. The summed E-state index contributed by atoms with van der Waals surface area (Å²) in [6.45, 7) is 4.36. The van der Waals surface area contributed by atoms with E-state index in [-0.39, 0.29) is 5.78 Å². The summed E-state index contributed by atoms with van der Waals surface area (Å²) in [5, 5.41) is 6.21. The first-order valence-electron chi connectivity index (χ1n) is 10.6. The van der Waals surface area contributed by atoms with Crippen molar-refractivity contribution in [1.29, 1.82) is 0 Å². The van der Waals surface area contributed by atoms with Gasteiger partial charge in [0.05, 0.1) is 16.9 Å². The zero-order valence-electron chi connectivity index (χ0n) is 17.9. The van der Waals surface area contributed by atoms with Gasteiger partial charge >= 0.3 is 0 Å². The molecule has 3 aromatic rings. The molecule has 4 N–H and O–H groups in total. The Morgan fingerprint density at radius 2 is 2.06 bits per heavy atom. The number of hydrogen-bond donors (Lipinski definition) is 3. The van der Waals surface area contributed by atoms with Crippen LogP contribution in [0.3, 0.4) is 0 Å². The van der Waals surface area contributed by atoms with E-state index in [2.05, 4.69) is 40.6 Å². The second-order valence-corrected chi connectivity index (χ2v) is 9.67. The lowest BCUT2D eigenvalue weighted by Crippen LogP contribution is -2.19. The Balaban J connectivity index is 1.68. The van der Waals surface area contributed by atoms with Crippen molar-refractivity contribution in [3.8, 4) is 11.3 Å². The van der Waals surface area contributed by atoms with Crippen LogP contribution >= 0.6 is 11.8 Å². The lowest BCUT2D eigenvalue weighted by Gasteiger charge is -2.21. The molecule has 0 radical (unpaired) electrons. The normalized spacial score (nSPS) is 16.1. The fourth-order valence-corrected chi connectivity index (χ4v) is 4.51. The zero-order valence-corrected chi connectivity index (χ0v) is 18.7. The number of ketones is 1. The standard InChI is InChI=1S/C25H28N4OS/c1-16(2)31-12-6-7-17-13-20-23(21(30)14-17)25(28-19-8-4-3-5-9-19)24(29-20)18-10-11-27-22(26)15-18/h3-6,8-12,15-17,28-29H,7,13-14H2,1-2H3,(H2,26,27)/b12-6-. The van der Waals surface area contributed by atoms with Gasteiger partial charge < -0.3 is 16.0 Å². The number of pyridine rings is 1. The highest BCUT2D eigenvalue weighted by Crippen LogP contribution is 2.40. The molecule has 6 heteroatoms. The van der Waals surface area contributed by atoms with Gasteiger partial charge in [-0.15, -0.1) is 11.8 Å². The monoisotopic (exact) mass is 432 g/mol. The number of nitrogens with one attached hydrogen (secondary N) is 2. The van der Waals surface area contributed by atoms with Crippen LogP contribution < -0.4 is 11.1 Å². The molecule has 2 heterocycles. The Bertz CT molecular complexity index is 1090. The molecule has 1 aliphatic carbocycles. The summed E-state index contributed by atoms with van der Waals surface area (Å²) in [4.78, 5) is 20.9. The maximum atomic E-state index is 13.2. The molecule has 1 aliphatic rings. The molecule has 1 unspecified atom stereocenters. The van der Waals surface area contributed by atoms with Crippen LogP contribution in [-0.4, -0.2) is 21.0 Å². The van der Waals surface area contributed by atoms with E-state index in [4.69, 9.17) is 5.73 Å². The van der Waals surface area contributed by atoms with Crippen LogP contribution in [0.15, 0.2) is 60.1 Å². The van der Waals surface area contributed by atoms with E-state index >= 15 is 0 Å². The average molecular weight is 433 g/mol. The van der Waals surface area contributed by atoms with E-state index in [0.29, 0.717) is 23.4 Å². The molecule has 1 atom stereocenters. The molecule has 0 saturated carbocycles. The van der Waals surface area contributed by atoms with Gasteiger partial charge in [0, 0.05) is 34.8 Å². The van der Waals surface area contributed by atoms with Crippen molar-refractivity contribution in [3.63, 3.8) is 0 Å². The molecule has 31 heavy (non-hydrogen) atoms.